The van der Waals surface area contributed by atoms with Gasteiger partial charge in [0, 0.05) is 24.9 Å². The summed E-state index contributed by atoms with van der Waals surface area (Å²) in [7, 11) is 0. The number of H-pyrrole nitrogens is 1. The average molecular weight is 245 g/mol. The van der Waals surface area contributed by atoms with E-state index in [0.29, 0.717) is 29.9 Å². The molecule has 6 nitrogen and oxygen atoms in total. The number of carbonyl (C=O) groups is 1. The normalized spacial score (nSPS) is 10.3. The molecule has 0 bridgehead atoms. The number of imidazole rings is 1. The van der Waals surface area contributed by atoms with Gasteiger partial charge in [-0.05, 0) is 13.0 Å². The van der Waals surface area contributed by atoms with E-state index in [1.165, 1.54) is 6.20 Å². The van der Waals surface area contributed by atoms with Gasteiger partial charge in [0.05, 0.1) is 29.5 Å². The minimum Gasteiger partial charge on any atom is -0.397 e. The van der Waals surface area contributed by atoms with Crippen LogP contribution in [0.3, 0.4) is 0 Å². The fraction of sp³-hybridized carbons (Fsp3) is 0.250. The lowest BCUT2D eigenvalue weighted by Crippen LogP contribution is -2.26. The topological polar surface area (TPSA) is 96.7 Å². The molecule has 0 unspecified atom stereocenters. The molecule has 2 aromatic rings. The molecule has 0 saturated heterocycles. The number of carbonyl (C=O) groups excluding carboxylic acids is 1. The highest BCUT2D eigenvalue weighted by Crippen LogP contribution is 2.09. The Balaban J connectivity index is 1.93. The highest BCUT2D eigenvalue weighted by molar-refractivity contribution is 5.95. The van der Waals surface area contributed by atoms with Crippen LogP contribution in [0.25, 0.3) is 0 Å². The standard InChI is InChI=1S/C12H15N5O/c1-8-11(4-9(13)5-16-8)12(18)15-3-2-10-6-14-7-17-10/h4-7H,2-3,13H2,1H3,(H,14,17)(H,15,18). The number of nitrogens with zero attached hydrogens (tertiary/aromatic N) is 2. The van der Waals surface area contributed by atoms with E-state index < -0.39 is 0 Å². The molecule has 0 fully saturated rings. The fourth-order valence-corrected chi connectivity index (χ4v) is 1.61. The number of nitrogens with two attached hydrogens (primary N) is 1. The van der Waals surface area contributed by atoms with Crippen LogP contribution < -0.4 is 11.1 Å². The van der Waals surface area contributed by atoms with Gasteiger partial charge in [-0.3, -0.25) is 9.78 Å². The lowest BCUT2D eigenvalue weighted by molar-refractivity contribution is 0.0953. The highest BCUT2D eigenvalue weighted by Gasteiger charge is 2.09. The number of aryl methyl sites for hydroxylation is 1. The van der Waals surface area contributed by atoms with E-state index in [-0.39, 0.29) is 5.91 Å². The van der Waals surface area contributed by atoms with Crippen LogP contribution >= 0.6 is 0 Å². The minimum atomic E-state index is -0.160. The summed E-state index contributed by atoms with van der Waals surface area (Å²) in [6.07, 6.45) is 5.60. The maximum Gasteiger partial charge on any atom is 0.253 e. The molecular weight excluding hydrogens is 230 g/mol. The van der Waals surface area contributed by atoms with Gasteiger partial charge in [0.25, 0.3) is 5.91 Å². The first-order valence-corrected chi connectivity index (χ1v) is 5.64. The van der Waals surface area contributed by atoms with Crippen molar-refractivity contribution in [1.29, 1.82) is 0 Å². The van der Waals surface area contributed by atoms with Gasteiger partial charge in [0.1, 0.15) is 0 Å². The number of aromatic amines is 1. The quantitative estimate of drug-likeness (QED) is 0.737. The molecule has 0 aliphatic carbocycles. The van der Waals surface area contributed by atoms with Crippen LogP contribution in [0.2, 0.25) is 0 Å². The smallest absolute Gasteiger partial charge is 0.253 e. The number of nitrogens with one attached hydrogen (secondary N) is 2. The van der Waals surface area contributed by atoms with Crippen molar-refractivity contribution in [2.45, 2.75) is 13.3 Å². The molecule has 1 amide bonds. The van der Waals surface area contributed by atoms with Gasteiger partial charge in [-0.1, -0.05) is 0 Å². The van der Waals surface area contributed by atoms with E-state index in [2.05, 4.69) is 20.3 Å². The first-order chi connectivity index (χ1) is 8.66. The summed E-state index contributed by atoms with van der Waals surface area (Å²) in [5, 5.41) is 2.82. The second-order valence-corrected chi connectivity index (χ2v) is 3.98. The molecule has 6 heteroatoms. The van der Waals surface area contributed by atoms with Crippen molar-refractivity contribution in [1.82, 2.24) is 20.3 Å². The van der Waals surface area contributed by atoms with Gasteiger partial charge in [-0.15, -0.1) is 0 Å². The molecule has 0 saturated carbocycles. The Labute approximate surface area is 105 Å². The Bertz CT molecular complexity index is 535. The van der Waals surface area contributed by atoms with Crippen LogP contribution in [-0.4, -0.2) is 27.4 Å². The third-order valence-corrected chi connectivity index (χ3v) is 2.59. The summed E-state index contributed by atoms with van der Waals surface area (Å²) in [4.78, 5) is 22.9. The summed E-state index contributed by atoms with van der Waals surface area (Å²) < 4.78 is 0. The van der Waals surface area contributed by atoms with Crippen LogP contribution in [0.15, 0.2) is 24.8 Å². The second-order valence-electron chi connectivity index (χ2n) is 3.98. The third kappa shape index (κ3) is 2.85. The summed E-state index contributed by atoms with van der Waals surface area (Å²) in [6.45, 7) is 2.32. The number of aromatic nitrogens is 3. The zero-order chi connectivity index (χ0) is 13.0. The Morgan fingerprint density at radius 1 is 1.50 bits per heavy atom. The molecule has 0 aromatic carbocycles. The zero-order valence-corrected chi connectivity index (χ0v) is 10.1. The molecule has 0 radical (unpaired) electrons. The van der Waals surface area contributed by atoms with E-state index in [0.717, 1.165) is 5.69 Å². The third-order valence-electron chi connectivity index (χ3n) is 2.59. The Hall–Kier alpha value is -2.37. The molecule has 0 spiro atoms. The molecule has 2 rings (SSSR count). The maximum atomic E-state index is 11.9. The predicted molar refractivity (Wildman–Crippen MR) is 68.0 cm³/mol. The van der Waals surface area contributed by atoms with Crippen molar-refractivity contribution in [2.24, 2.45) is 0 Å². The van der Waals surface area contributed by atoms with Gasteiger partial charge in [-0.25, -0.2) is 4.98 Å². The van der Waals surface area contributed by atoms with Gasteiger partial charge in [-0.2, -0.15) is 0 Å². The predicted octanol–water partition coefficient (Wildman–Crippen LogP) is 0.668. The number of hydrogen-bond donors (Lipinski definition) is 3. The number of amides is 1. The highest BCUT2D eigenvalue weighted by atomic mass is 16.1. The van der Waals surface area contributed by atoms with Crippen molar-refractivity contribution in [3.05, 3.63) is 41.7 Å². The molecule has 0 atom stereocenters. The van der Waals surface area contributed by atoms with E-state index in [1.807, 2.05) is 0 Å². The lowest BCUT2D eigenvalue weighted by Gasteiger charge is -2.07. The number of rotatable bonds is 4. The minimum absolute atomic E-state index is 0.160. The van der Waals surface area contributed by atoms with Crippen molar-refractivity contribution in [3.63, 3.8) is 0 Å². The van der Waals surface area contributed by atoms with Crippen molar-refractivity contribution in [2.75, 3.05) is 12.3 Å². The summed E-state index contributed by atoms with van der Waals surface area (Å²) in [5.41, 5.74) is 8.27. The number of hydrogen-bond acceptors (Lipinski definition) is 4. The average Bonchev–Trinajstić information content (AvgIpc) is 2.85. The van der Waals surface area contributed by atoms with Gasteiger partial charge in [0.15, 0.2) is 0 Å². The van der Waals surface area contributed by atoms with Crippen LogP contribution in [0.1, 0.15) is 21.7 Å². The Morgan fingerprint density at radius 2 is 2.33 bits per heavy atom. The van der Waals surface area contributed by atoms with Crippen molar-refractivity contribution in [3.8, 4) is 0 Å². The molecule has 4 N–H and O–H groups in total. The van der Waals surface area contributed by atoms with E-state index in [4.69, 9.17) is 5.73 Å². The first-order valence-electron chi connectivity index (χ1n) is 5.64. The van der Waals surface area contributed by atoms with Crippen LogP contribution in [0, 0.1) is 6.92 Å². The van der Waals surface area contributed by atoms with Crippen LogP contribution in [-0.2, 0) is 6.42 Å². The van der Waals surface area contributed by atoms with Crippen molar-refractivity contribution >= 4 is 11.6 Å². The van der Waals surface area contributed by atoms with E-state index >= 15 is 0 Å². The Morgan fingerprint density at radius 3 is 3.06 bits per heavy atom. The lowest BCUT2D eigenvalue weighted by atomic mass is 10.2. The number of nitrogen functional groups attached to an aromatic ring is 1. The number of pyridine rings is 1. The molecule has 2 heterocycles. The largest absolute Gasteiger partial charge is 0.397 e. The summed E-state index contributed by atoms with van der Waals surface area (Å²) >= 11 is 0. The SMILES string of the molecule is Cc1ncc(N)cc1C(=O)NCCc1cnc[nH]1. The maximum absolute atomic E-state index is 11.9. The van der Waals surface area contributed by atoms with Gasteiger partial charge in [0.2, 0.25) is 0 Å². The molecule has 18 heavy (non-hydrogen) atoms. The molecule has 0 aliphatic rings. The van der Waals surface area contributed by atoms with Gasteiger partial charge < -0.3 is 16.0 Å². The van der Waals surface area contributed by atoms with Gasteiger partial charge >= 0.3 is 0 Å². The molecule has 0 aliphatic heterocycles. The molecule has 2 aromatic heterocycles. The number of anilines is 1. The summed E-state index contributed by atoms with van der Waals surface area (Å²) in [5.74, 6) is -0.160. The second kappa shape index (κ2) is 5.31. The summed E-state index contributed by atoms with van der Waals surface area (Å²) in [6, 6.07) is 1.63. The zero-order valence-electron chi connectivity index (χ0n) is 10.1. The van der Waals surface area contributed by atoms with Crippen molar-refractivity contribution < 1.29 is 4.79 Å². The first kappa shape index (κ1) is 12.1. The monoisotopic (exact) mass is 245 g/mol. The Kier molecular flexibility index (Phi) is 3.57. The van der Waals surface area contributed by atoms with E-state index in [9.17, 15) is 4.79 Å². The van der Waals surface area contributed by atoms with Crippen LogP contribution in [0.4, 0.5) is 5.69 Å². The fourth-order valence-electron chi connectivity index (χ4n) is 1.61. The van der Waals surface area contributed by atoms with Crippen LogP contribution in [0.5, 0.6) is 0 Å². The van der Waals surface area contributed by atoms with E-state index in [1.54, 1.807) is 25.5 Å². The molecule has 94 valence electrons. The molecular formula is C12H15N5O.